The van der Waals surface area contributed by atoms with E-state index >= 15 is 0 Å². The number of urea groups is 1. The fraction of sp³-hybridized carbons (Fsp3) is 0.688. The van der Waals surface area contributed by atoms with E-state index < -0.39 is 0 Å². The van der Waals surface area contributed by atoms with Crippen molar-refractivity contribution in [3.63, 3.8) is 0 Å². The summed E-state index contributed by atoms with van der Waals surface area (Å²) in [5, 5.41) is 10.6. The van der Waals surface area contributed by atoms with E-state index in [1.807, 2.05) is 0 Å². The number of hydrogen-bond donors (Lipinski definition) is 2. The van der Waals surface area contributed by atoms with Crippen LogP contribution in [0.15, 0.2) is 16.8 Å². The molecule has 2 aliphatic rings. The lowest BCUT2D eigenvalue weighted by molar-refractivity contribution is 0.170. The zero-order valence-electron chi connectivity index (χ0n) is 12.7. The lowest BCUT2D eigenvalue weighted by Crippen LogP contribution is -2.56. The largest absolute Gasteiger partial charge is 0.335 e. The molecule has 116 valence electrons. The Morgan fingerprint density at radius 3 is 2.76 bits per heavy atom. The Morgan fingerprint density at radius 2 is 2.19 bits per heavy atom. The maximum atomic E-state index is 12.0. The van der Waals surface area contributed by atoms with Crippen molar-refractivity contribution in [3.8, 4) is 0 Å². The number of amides is 2. The predicted octanol–water partition coefficient (Wildman–Crippen LogP) is 2.95. The van der Waals surface area contributed by atoms with Gasteiger partial charge in [0.25, 0.3) is 0 Å². The van der Waals surface area contributed by atoms with Gasteiger partial charge < -0.3 is 10.6 Å². The molecule has 1 aromatic rings. The van der Waals surface area contributed by atoms with E-state index in [4.69, 9.17) is 0 Å². The van der Waals surface area contributed by atoms with Crippen LogP contribution in [0.1, 0.15) is 44.6 Å². The second-order valence-corrected chi connectivity index (χ2v) is 7.47. The Balaban J connectivity index is 1.38. The summed E-state index contributed by atoms with van der Waals surface area (Å²) in [7, 11) is 0. The van der Waals surface area contributed by atoms with Gasteiger partial charge in [-0.3, -0.25) is 4.90 Å². The second kappa shape index (κ2) is 6.36. The molecule has 1 saturated carbocycles. The lowest BCUT2D eigenvalue weighted by atomic mass is 9.79. The minimum atomic E-state index is 0.0217. The van der Waals surface area contributed by atoms with Crippen molar-refractivity contribution in [2.24, 2.45) is 0 Å². The van der Waals surface area contributed by atoms with Gasteiger partial charge in [-0.25, -0.2) is 4.79 Å². The number of piperidine rings is 1. The van der Waals surface area contributed by atoms with Crippen molar-refractivity contribution in [3.05, 3.63) is 22.4 Å². The maximum Gasteiger partial charge on any atom is 0.315 e. The number of thiophene rings is 1. The molecule has 3 rings (SSSR count). The van der Waals surface area contributed by atoms with Crippen molar-refractivity contribution in [2.75, 3.05) is 13.1 Å². The Kier molecular flexibility index (Phi) is 4.50. The Hall–Kier alpha value is -1.07. The summed E-state index contributed by atoms with van der Waals surface area (Å²) in [6.07, 6.45) is 5.55. The standard InChI is InChI=1S/C16H25N3OS/c1-16(6-2-7-16)18-15(20)17-14-3-8-19(9-4-14)11-13-5-10-21-12-13/h5,10,12,14H,2-4,6-9,11H2,1H3,(H2,17,18,20). The summed E-state index contributed by atoms with van der Waals surface area (Å²) in [4.78, 5) is 14.5. The smallest absolute Gasteiger partial charge is 0.315 e. The molecule has 1 aliphatic heterocycles. The SMILES string of the molecule is CC1(NC(=O)NC2CCN(Cc3ccsc3)CC2)CCC1. The third kappa shape index (κ3) is 3.98. The first-order valence-electron chi connectivity index (χ1n) is 7.95. The maximum absolute atomic E-state index is 12.0. The van der Waals surface area contributed by atoms with E-state index in [0.29, 0.717) is 6.04 Å². The van der Waals surface area contributed by atoms with Crippen molar-refractivity contribution in [1.29, 1.82) is 0 Å². The van der Waals surface area contributed by atoms with Crippen LogP contribution in [0.3, 0.4) is 0 Å². The normalized spacial score (nSPS) is 22.5. The predicted molar refractivity (Wildman–Crippen MR) is 86.5 cm³/mol. The topological polar surface area (TPSA) is 44.4 Å². The minimum Gasteiger partial charge on any atom is -0.335 e. The number of nitrogens with one attached hydrogen (secondary N) is 2. The molecule has 4 nitrogen and oxygen atoms in total. The number of likely N-dealkylation sites (tertiary alicyclic amines) is 1. The van der Waals surface area contributed by atoms with Gasteiger partial charge in [-0.05, 0) is 61.4 Å². The lowest BCUT2D eigenvalue weighted by Gasteiger charge is -2.40. The van der Waals surface area contributed by atoms with E-state index in [1.54, 1.807) is 11.3 Å². The number of hydrogen-bond acceptors (Lipinski definition) is 3. The first-order valence-corrected chi connectivity index (χ1v) is 8.89. The van der Waals surface area contributed by atoms with Crippen molar-refractivity contribution < 1.29 is 4.79 Å². The number of carbonyl (C=O) groups is 1. The molecule has 2 amide bonds. The van der Waals surface area contributed by atoms with E-state index in [0.717, 1.165) is 45.3 Å². The molecule has 0 spiro atoms. The molecule has 2 heterocycles. The molecule has 0 aromatic carbocycles. The molecule has 0 bridgehead atoms. The average Bonchev–Trinajstić information content (AvgIpc) is 2.92. The Morgan fingerprint density at radius 1 is 1.43 bits per heavy atom. The molecule has 2 N–H and O–H groups in total. The Labute approximate surface area is 130 Å². The van der Waals surface area contributed by atoms with E-state index in [-0.39, 0.29) is 11.6 Å². The van der Waals surface area contributed by atoms with Gasteiger partial charge >= 0.3 is 6.03 Å². The average molecular weight is 307 g/mol. The summed E-state index contributed by atoms with van der Waals surface area (Å²) < 4.78 is 0. The molecule has 0 radical (unpaired) electrons. The monoisotopic (exact) mass is 307 g/mol. The van der Waals surface area contributed by atoms with Gasteiger partial charge in [0.15, 0.2) is 0 Å². The van der Waals surface area contributed by atoms with Gasteiger partial charge in [0.05, 0.1) is 0 Å². The molecule has 2 fully saturated rings. The zero-order valence-corrected chi connectivity index (χ0v) is 13.5. The molecule has 0 unspecified atom stereocenters. The minimum absolute atomic E-state index is 0.0217. The fourth-order valence-corrected chi connectivity index (χ4v) is 3.86. The third-order valence-electron chi connectivity index (χ3n) is 4.78. The van der Waals surface area contributed by atoms with Crippen LogP contribution in [-0.4, -0.2) is 35.6 Å². The number of nitrogens with zero attached hydrogens (tertiary/aromatic N) is 1. The highest BCUT2D eigenvalue weighted by Crippen LogP contribution is 2.30. The highest BCUT2D eigenvalue weighted by Gasteiger charge is 2.33. The van der Waals surface area contributed by atoms with Crippen molar-refractivity contribution in [1.82, 2.24) is 15.5 Å². The molecule has 1 aliphatic carbocycles. The third-order valence-corrected chi connectivity index (χ3v) is 5.51. The van der Waals surface area contributed by atoms with Crippen LogP contribution in [-0.2, 0) is 6.54 Å². The van der Waals surface area contributed by atoms with Gasteiger partial charge in [0, 0.05) is 31.2 Å². The van der Waals surface area contributed by atoms with Crippen LogP contribution in [0.25, 0.3) is 0 Å². The summed E-state index contributed by atoms with van der Waals surface area (Å²) in [6.45, 7) is 5.32. The summed E-state index contributed by atoms with van der Waals surface area (Å²) >= 11 is 1.76. The van der Waals surface area contributed by atoms with Crippen LogP contribution in [0, 0.1) is 0 Å². The van der Waals surface area contributed by atoms with Crippen molar-refractivity contribution >= 4 is 17.4 Å². The quantitative estimate of drug-likeness (QED) is 0.898. The Bertz CT molecular complexity index is 462. The molecule has 1 aromatic heterocycles. The van der Waals surface area contributed by atoms with E-state index in [9.17, 15) is 4.79 Å². The molecule has 0 atom stereocenters. The van der Waals surface area contributed by atoms with E-state index in [1.165, 1.54) is 12.0 Å². The van der Waals surface area contributed by atoms with Gasteiger partial charge in [-0.15, -0.1) is 0 Å². The van der Waals surface area contributed by atoms with Gasteiger partial charge in [-0.1, -0.05) is 0 Å². The zero-order chi connectivity index (χ0) is 14.7. The molecule has 1 saturated heterocycles. The van der Waals surface area contributed by atoms with E-state index in [2.05, 4.69) is 39.3 Å². The molecular formula is C16H25N3OS. The highest BCUT2D eigenvalue weighted by molar-refractivity contribution is 7.07. The van der Waals surface area contributed by atoms with Gasteiger partial charge in [-0.2, -0.15) is 11.3 Å². The van der Waals surface area contributed by atoms with Crippen LogP contribution < -0.4 is 10.6 Å². The first kappa shape index (κ1) is 14.9. The summed E-state index contributed by atoms with van der Waals surface area (Å²) in [5.74, 6) is 0. The van der Waals surface area contributed by atoms with Crippen LogP contribution >= 0.6 is 11.3 Å². The molecular weight excluding hydrogens is 282 g/mol. The number of carbonyl (C=O) groups excluding carboxylic acids is 1. The second-order valence-electron chi connectivity index (χ2n) is 6.69. The summed E-state index contributed by atoms with van der Waals surface area (Å²) in [5.41, 5.74) is 1.45. The summed E-state index contributed by atoms with van der Waals surface area (Å²) in [6, 6.07) is 2.54. The van der Waals surface area contributed by atoms with Crippen LogP contribution in [0.5, 0.6) is 0 Å². The van der Waals surface area contributed by atoms with Gasteiger partial charge in [0.2, 0.25) is 0 Å². The number of rotatable bonds is 4. The first-order chi connectivity index (χ1) is 10.1. The molecule has 21 heavy (non-hydrogen) atoms. The fourth-order valence-electron chi connectivity index (χ4n) is 3.20. The van der Waals surface area contributed by atoms with Crippen LogP contribution in [0.2, 0.25) is 0 Å². The highest BCUT2D eigenvalue weighted by atomic mass is 32.1. The van der Waals surface area contributed by atoms with Crippen molar-refractivity contribution in [2.45, 2.75) is 57.2 Å². The van der Waals surface area contributed by atoms with Gasteiger partial charge in [0.1, 0.15) is 0 Å². The van der Waals surface area contributed by atoms with Crippen LogP contribution in [0.4, 0.5) is 4.79 Å². The molecule has 5 heteroatoms.